The van der Waals surface area contributed by atoms with E-state index in [0.29, 0.717) is 27.3 Å². The smallest absolute Gasteiger partial charge is 0.266 e. The largest absolute Gasteiger partial charge is 0.508 e. The first-order chi connectivity index (χ1) is 12.1. The Morgan fingerprint density at radius 2 is 1.92 bits per heavy atom. The van der Waals surface area contributed by atoms with Gasteiger partial charge in [0.2, 0.25) is 6.79 Å². The van der Waals surface area contributed by atoms with Crippen molar-refractivity contribution in [2.45, 2.75) is 0 Å². The third-order valence-corrected chi connectivity index (χ3v) is 4.83. The normalized spacial score (nSPS) is 19.2. The van der Waals surface area contributed by atoms with Gasteiger partial charge in [-0.15, -0.1) is 0 Å². The molecule has 0 aliphatic carbocycles. The number of ether oxygens (including phenoxy) is 2. The number of thioether (sulfide) groups is 1. The van der Waals surface area contributed by atoms with Crippen LogP contribution in [0.5, 0.6) is 17.2 Å². The number of hydrogen-bond acceptors (Lipinski definition) is 6. The van der Waals surface area contributed by atoms with Gasteiger partial charge in [0, 0.05) is 7.05 Å². The van der Waals surface area contributed by atoms with Crippen molar-refractivity contribution >= 4 is 34.6 Å². The van der Waals surface area contributed by atoms with Crippen molar-refractivity contribution in [1.29, 1.82) is 0 Å². The second-order valence-corrected chi connectivity index (χ2v) is 6.51. The van der Waals surface area contributed by atoms with Gasteiger partial charge in [0.1, 0.15) is 5.75 Å². The predicted octanol–water partition coefficient (Wildman–Crippen LogP) is 3.35. The maximum Gasteiger partial charge on any atom is 0.266 e. The quantitative estimate of drug-likeness (QED) is 0.838. The maximum atomic E-state index is 12.5. The van der Waals surface area contributed by atoms with Gasteiger partial charge < -0.3 is 14.6 Å². The van der Waals surface area contributed by atoms with Gasteiger partial charge in [-0.1, -0.05) is 6.07 Å². The molecule has 126 valence electrons. The maximum absolute atomic E-state index is 12.5. The minimum absolute atomic E-state index is 0.111. The summed E-state index contributed by atoms with van der Waals surface area (Å²) in [5.74, 6) is 1.45. The molecular weight excluding hydrogens is 340 g/mol. The van der Waals surface area contributed by atoms with Gasteiger partial charge in [-0.2, -0.15) is 0 Å². The van der Waals surface area contributed by atoms with E-state index in [1.165, 1.54) is 16.7 Å². The fourth-order valence-corrected chi connectivity index (χ4v) is 3.43. The highest BCUT2D eigenvalue weighted by Gasteiger charge is 2.30. The van der Waals surface area contributed by atoms with Gasteiger partial charge in [0.15, 0.2) is 16.7 Å². The fraction of sp³-hybridized carbons (Fsp3) is 0.111. The van der Waals surface area contributed by atoms with Crippen molar-refractivity contribution in [3.8, 4) is 17.2 Å². The molecule has 0 bridgehead atoms. The average Bonchev–Trinajstić information content (AvgIpc) is 3.17. The predicted molar refractivity (Wildman–Crippen MR) is 96.1 cm³/mol. The zero-order valence-corrected chi connectivity index (χ0v) is 14.1. The van der Waals surface area contributed by atoms with Crippen molar-refractivity contribution in [2.24, 2.45) is 4.99 Å². The number of phenols is 1. The van der Waals surface area contributed by atoms with Crippen molar-refractivity contribution < 1.29 is 19.4 Å². The van der Waals surface area contributed by atoms with E-state index in [1.807, 2.05) is 24.3 Å². The lowest BCUT2D eigenvalue weighted by atomic mass is 10.2. The Morgan fingerprint density at radius 3 is 2.72 bits per heavy atom. The molecule has 4 rings (SSSR count). The van der Waals surface area contributed by atoms with Crippen LogP contribution in [-0.2, 0) is 4.79 Å². The van der Waals surface area contributed by atoms with Gasteiger partial charge in [-0.25, -0.2) is 4.99 Å². The molecule has 0 spiro atoms. The minimum atomic E-state index is -0.111. The number of amides is 1. The van der Waals surface area contributed by atoms with Crippen molar-refractivity contribution in [3.05, 3.63) is 52.9 Å². The van der Waals surface area contributed by atoms with E-state index in [4.69, 9.17) is 9.47 Å². The van der Waals surface area contributed by atoms with E-state index in [2.05, 4.69) is 4.99 Å². The molecule has 0 saturated carbocycles. The molecule has 25 heavy (non-hydrogen) atoms. The highest BCUT2D eigenvalue weighted by atomic mass is 32.2. The Hall–Kier alpha value is -2.93. The fourth-order valence-electron chi connectivity index (χ4n) is 2.44. The number of hydrogen-bond donors (Lipinski definition) is 1. The number of rotatable bonds is 2. The second-order valence-electron chi connectivity index (χ2n) is 5.50. The third-order valence-electron chi connectivity index (χ3n) is 3.77. The molecule has 1 N–H and O–H groups in total. The Morgan fingerprint density at radius 1 is 1.16 bits per heavy atom. The van der Waals surface area contributed by atoms with Crippen LogP contribution in [-0.4, -0.2) is 34.9 Å². The summed E-state index contributed by atoms with van der Waals surface area (Å²) in [5, 5.41) is 9.92. The number of aliphatic imine (C=N–C) groups is 1. The molecule has 2 aromatic rings. The molecule has 7 heteroatoms. The van der Waals surface area contributed by atoms with Crippen molar-refractivity contribution in [1.82, 2.24) is 4.90 Å². The van der Waals surface area contributed by atoms with E-state index < -0.39 is 0 Å². The first-order valence-corrected chi connectivity index (χ1v) is 8.37. The number of likely N-dealkylation sites (N-methyl/N-ethyl adjacent to an activating group) is 1. The summed E-state index contributed by atoms with van der Waals surface area (Å²) in [6.45, 7) is 0.217. The molecule has 2 aliphatic rings. The summed E-state index contributed by atoms with van der Waals surface area (Å²) in [7, 11) is 1.69. The SMILES string of the molecule is CN1C(=O)/C(=C/c2ccc3c(c2)OCO3)SC1=Nc1ccc(O)cc1. The van der Waals surface area contributed by atoms with Gasteiger partial charge in [-0.3, -0.25) is 9.69 Å². The molecule has 0 unspecified atom stereocenters. The minimum Gasteiger partial charge on any atom is -0.508 e. The van der Waals surface area contributed by atoms with Crippen LogP contribution in [0.3, 0.4) is 0 Å². The summed E-state index contributed by atoms with van der Waals surface area (Å²) in [6.07, 6.45) is 1.81. The molecule has 6 nitrogen and oxygen atoms in total. The Kier molecular flexibility index (Phi) is 3.85. The van der Waals surface area contributed by atoms with Gasteiger partial charge >= 0.3 is 0 Å². The monoisotopic (exact) mass is 354 g/mol. The Labute approximate surface area is 148 Å². The van der Waals surface area contributed by atoms with E-state index in [9.17, 15) is 9.90 Å². The molecule has 0 aromatic heterocycles. The number of fused-ring (bicyclic) bond motifs is 1. The average molecular weight is 354 g/mol. The van der Waals surface area contributed by atoms with Crippen LogP contribution in [0.2, 0.25) is 0 Å². The van der Waals surface area contributed by atoms with Crippen LogP contribution < -0.4 is 9.47 Å². The zero-order valence-electron chi connectivity index (χ0n) is 13.3. The molecular formula is C18H14N2O4S. The number of carbonyl (C=O) groups is 1. The van der Waals surface area contributed by atoms with Crippen LogP contribution in [0.25, 0.3) is 6.08 Å². The van der Waals surface area contributed by atoms with E-state index in [-0.39, 0.29) is 18.4 Å². The highest BCUT2D eigenvalue weighted by Crippen LogP contribution is 2.36. The number of benzene rings is 2. The molecule has 0 radical (unpaired) electrons. The van der Waals surface area contributed by atoms with Crippen LogP contribution in [0.1, 0.15) is 5.56 Å². The molecule has 1 fully saturated rings. The lowest BCUT2D eigenvalue weighted by Gasteiger charge is -2.07. The zero-order chi connectivity index (χ0) is 17.4. The molecule has 0 atom stereocenters. The number of amidine groups is 1. The molecule has 2 heterocycles. The van der Waals surface area contributed by atoms with Gasteiger partial charge in [0.25, 0.3) is 5.91 Å². The first-order valence-electron chi connectivity index (χ1n) is 7.55. The Bertz CT molecular complexity index is 906. The molecule has 1 saturated heterocycles. The van der Waals surface area contributed by atoms with Crippen LogP contribution >= 0.6 is 11.8 Å². The Balaban J connectivity index is 1.61. The van der Waals surface area contributed by atoms with Crippen LogP contribution in [0.15, 0.2) is 52.4 Å². The first kappa shape index (κ1) is 15.6. The van der Waals surface area contributed by atoms with E-state index >= 15 is 0 Å². The van der Waals surface area contributed by atoms with Crippen molar-refractivity contribution in [3.63, 3.8) is 0 Å². The topological polar surface area (TPSA) is 71.4 Å². The number of aromatic hydroxyl groups is 1. The third kappa shape index (κ3) is 3.06. The molecule has 2 aliphatic heterocycles. The summed E-state index contributed by atoms with van der Waals surface area (Å²) >= 11 is 1.31. The van der Waals surface area contributed by atoms with Crippen LogP contribution in [0, 0.1) is 0 Å². The van der Waals surface area contributed by atoms with Crippen molar-refractivity contribution in [2.75, 3.05) is 13.8 Å². The van der Waals surface area contributed by atoms with Crippen LogP contribution in [0.4, 0.5) is 5.69 Å². The summed E-state index contributed by atoms with van der Waals surface area (Å²) < 4.78 is 10.7. The highest BCUT2D eigenvalue weighted by molar-refractivity contribution is 8.18. The summed E-state index contributed by atoms with van der Waals surface area (Å²) in [5.41, 5.74) is 1.53. The molecule has 1 amide bonds. The lowest BCUT2D eigenvalue weighted by molar-refractivity contribution is -0.121. The van der Waals surface area contributed by atoms with Gasteiger partial charge in [-0.05, 0) is 59.8 Å². The number of phenolic OH excluding ortho intramolecular Hbond substituents is 1. The van der Waals surface area contributed by atoms with Gasteiger partial charge in [0.05, 0.1) is 10.6 Å². The van der Waals surface area contributed by atoms with E-state index in [1.54, 1.807) is 31.3 Å². The lowest BCUT2D eigenvalue weighted by Crippen LogP contribution is -2.23. The number of carbonyl (C=O) groups excluding carboxylic acids is 1. The number of nitrogens with zero attached hydrogens (tertiary/aromatic N) is 2. The standard InChI is InChI=1S/C18H14N2O4S/c1-20-17(22)16(9-11-2-7-14-15(8-11)24-10-23-14)25-18(20)19-12-3-5-13(21)6-4-12/h2-9,21H,10H2,1H3/b16-9-,19-18?. The summed E-state index contributed by atoms with van der Waals surface area (Å²) in [4.78, 5) is 19.0. The second kappa shape index (κ2) is 6.18. The summed E-state index contributed by atoms with van der Waals surface area (Å²) in [6, 6.07) is 12.1. The van der Waals surface area contributed by atoms with E-state index in [0.717, 1.165) is 5.56 Å². The molecule has 2 aromatic carbocycles.